The summed E-state index contributed by atoms with van der Waals surface area (Å²) in [6, 6.07) is 8.40. The maximum atomic E-state index is 10.7. The Labute approximate surface area is 117 Å². The zero-order valence-corrected chi connectivity index (χ0v) is 12.2. The van der Waals surface area contributed by atoms with Crippen LogP contribution in [0.25, 0.3) is 0 Å². The summed E-state index contributed by atoms with van der Waals surface area (Å²) in [5.41, 5.74) is 8.35. The summed E-state index contributed by atoms with van der Waals surface area (Å²) in [6.07, 6.45) is 4.48. The molecule has 0 bridgehead atoms. The van der Waals surface area contributed by atoms with Crippen molar-refractivity contribution in [1.29, 1.82) is 0 Å². The van der Waals surface area contributed by atoms with Crippen LogP contribution in [0.2, 0.25) is 0 Å². The van der Waals surface area contributed by atoms with Crippen molar-refractivity contribution in [3.8, 4) is 0 Å². The number of aliphatic hydroxyl groups excluding tert-OH is 1. The molecule has 1 aromatic carbocycles. The zero-order valence-electron chi connectivity index (χ0n) is 12.2. The van der Waals surface area contributed by atoms with E-state index in [9.17, 15) is 5.11 Å². The normalized spacial score (nSPS) is 26.9. The molecule has 106 valence electrons. The first-order valence-electron chi connectivity index (χ1n) is 7.56. The lowest BCUT2D eigenvalue weighted by Crippen LogP contribution is -2.34. The summed E-state index contributed by atoms with van der Waals surface area (Å²) >= 11 is 0. The molecule has 3 N–H and O–H groups in total. The fraction of sp³-hybridized carbons (Fsp3) is 0.647. The van der Waals surface area contributed by atoms with E-state index >= 15 is 0 Å². The molecule has 0 amide bonds. The number of aryl methyl sites for hydroxylation is 1. The molecule has 0 radical (unpaired) electrons. The Kier molecular flexibility index (Phi) is 5.00. The molecule has 2 nitrogen and oxygen atoms in total. The van der Waals surface area contributed by atoms with Crippen LogP contribution in [-0.2, 0) is 0 Å². The predicted molar refractivity (Wildman–Crippen MR) is 80.1 cm³/mol. The largest absolute Gasteiger partial charge is 0.392 e. The van der Waals surface area contributed by atoms with Gasteiger partial charge < -0.3 is 10.8 Å². The van der Waals surface area contributed by atoms with Crippen molar-refractivity contribution < 1.29 is 5.11 Å². The summed E-state index contributed by atoms with van der Waals surface area (Å²) in [4.78, 5) is 0. The SMILES string of the molecule is Cc1cccc(C(CN)C(O)C2CCC(C)CC2)c1. The van der Waals surface area contributed by atoms with E-state index in [1.54, 1.807) is 0 Å². The van der Waals surface area contributed by atoms with Gasteiger partial charge in [-0.1, -0.05) is 49.6 Å². The van der Waals surface area contributed by atoms with Crippen molar-refractivity contribution in [3.63, 3.8) is 0 Å². The van der Waals surface area contributed by atoms with Crippen LogP contribution in [-0.4, -0.2) is 17.8 Å². The van der Waals surface area contributed by atoms with Gasteiger partial charge in [-0.15, -0.1) is 0 Å². The molecule has 0 saturated heterocycles. The molecular formula is C17H27NO. The van der Waals surface area contributed by atoms with Crippen molar-refractivity contribution in [2.75, 3.05) is 6.54 Å². The maximum Gasteiger partial charge on any atom is 0.0648 e. The minimum Gasteiger partial charge on any atom is -0.392 e. The van der Waals surface area contributed by atoms with Gasteiger partial charge in [-0.25, -0.2) is 0 Å². The molecule has 1 saturated carbocycles. The molecule has 1 aromatic rings. The Morgan fingerprint density at radius 1 is 1.26 bits per heavy atom. The highest BCUT2D eigenvalue weighted by atomic mass is 16.3. The standard InChI is InChI=1S/C17H27NO/c1-12-6-8-14(9-7-12)17(19)16(11-18)15-5-3-4-13(2)10-15/h3-5,10,12,14,16-17,19H,6-9,11,18H2,1-2H3. The van der Waals surface area contributed by atoms with Crippen molar-refractivity contribution in [3.05, 3.63) is 35.4 Å². The van der Waals surface area contributed by atoms with Gasteiger partial charge in [0.05, 0.1) is 6.10 Å². The minimum absolute atomic E-state index is 0.0818. The second-order valence-electron chi connectivity index (χ2n) is 6.27. The van der Waals surface area contributed by atoms with Crippen LogP contribution >= 0.6 is 0 Å². The van der Waals surface area contributed by atoms with Crippen LogP contribution in [0.4, 0.5) is 0 Å². The first-order chi connectivity index (χ1) is 9.11. The van der Waals surface area contributed by atoms with Gasteiger partial charge in [-0.2, -0.15) is 0 Å². The first-order valence-corrected chi connectivity index (χ1v) is 7.56. The van der Waals surface area contributed by atoms with Crippen molar-refractivity contribution in [2.45, 2.75) is 51.6 Å². The summed E-state index contributed by atoms with van der Waals surface area (Å²) in [6.45, 7) is 4.92. The lowest BCUT2D eigenvalue weighted by molar-refractivity contribution is 0.0548. The van der Waals surface area contributed by atoms with E-state index in [4.69, 9.17) is 5.73 Å². The van der Waals surface area contributed by atoms with E-state index in [0.29, 0.717) is 12.5 Å². The van der Waals surface area contributed by atoms with Gasteiger partial charge in [0.1, 0.15) is 0 Å². The second kappa shape index (κ2) is 6.53. The van der Waals surface area contributed by atoms with Crippen LogP contribution in [0, 0.1) is 18.8 Å². The summed E-state index contributed by atoms with van der Waals surface area (Å²) in [5.74, 6) is 1.32. The summed E-state index contributed by atoms with van der Waals surface area (Å²) < 4.78 is 0. The van der Waals surface area contributed by atoms with Crippen LogP contribution < -0.4 is 5.73 Å². The highest BCUT2D eigenvalue weighted by molar-refractivity contribution is 5.26. The van der Waals surface area contributed by atoms with E-state index in [2.05, 4.69) is 38.1 Å². The third-order valence-electron chi connectivity index (χ3n) is 4.68. The van der Waals surface area contributed by atoms with Gasteiger partial charge in [-0.05, 0) is 37.2 Å². The molecule has 2 heteroatoms. The first kappa shape index (κ1) is 14.5. The van der Waals surface area contributed by atoms with Crippen LogP contribution in [0.5, 0.6) is 0 Å². The third-order valence-corrected chi connectivity index (χ3v) is 4.68. The molecule has 19 heavy (non-hydrogen) atoms. The van der Waals surface area contributed by atoms with Crippen LogP contribution in [0.15, 0.2) is 24.3 Å². The summed E-state index contributed by atoms with van der Waals surface area (Å²) in [7, 11) is 0. The molecule has 2 rings (SSSR count). The van der Waals surface area contributed by atoms with E-state index < -0.39 is 0 Å². The van der Waals surface area contributed by atoms with E-state index in [1.807, 2.05) is 0 Å². The molecule has 0 aliphatic heterocycles. The number of hydrogen-bond acceptors (Lipinski definition) is 2. The average Bonchev–Trinajstić information content (AvgIpc) is 2.40. The highest BCUT2D eigenvalue weighted by Crippen LogP contribution is 2.35. The molecule has 1 aliphatic carbocycles. The topological polar surface area (TPSA) is 46.2 Å². The van der Waals surface area contributed by atoms with Gasteiger partial charge in [0.15, 0.2) is 0 Å². The fourth-order valence-corrected chi connectivity index (χ4v) is 3.33. The van der Waals surface area contributed by atoms with Gasteiger partial charge in [0, 0.05) is 12.5 Å². The second-order valence-corrected chi connectivity index (χ2v) is 6.27. The maximum absolute atomic E-state index is 10.7. The lowest BCUT2D eigenvalue weighted by Gasteiger charge is -2.34. The third kappa shape index (κ3) is 3.58. The van der Waals surface area contributed by atoms with Gasteiger partial charge in [0.2, 0.25) is 0 Å². The Morgan fingerprint density at radius 3 is 2.53 bits per heavy atom. The minimum atomic E-state index is -0.292. The number of benzene rings is 1. The van der Waals surface area contributed by atoms with Crippen molar-refractivity contribution in [2.24, 2.45) is 17.6 Å². The average molecular weight is 261 g/mol. The molecule has 0 spiro atoms. The lowest BCUT2D eigenvalue weighted by atomic mass is 9.75. The van der Waals surface area contributed by atoms with Crippen molar-refractivity contribution in [1.82, 2.24) is 0 Å². The molecule has 2 atom stereocenters. The zero-order chi connectivity index (χ0) is 13.8. The van der Waals surface area contributed by atoms with Gasteiger partial charge >= 0.3 is 0 Å². The molecule has 1 aliphatic rings. The number of hydrogen-bond donors (Lipinski definition) is 2. The van der Waals surface area contributed by atoms with E-state index in [-0.39, 0.29) is 12.0 Å². The van der Waals surface area contributed by atoms with Gasteiger partial charge in [-0.3, -0.25) is 0 Å². The van der Waals surface area contributed by atoms with Gasteiger partial charge in [0.25, 0.3) is 0 Å². The van der Waals surface area contributed by atoms with Crippen LogP contribution in [0.1, 0.15) is 49.7 Å². The van der Waals surface area contributed by atoms with E-state index in [0.717, 1.165) is 18.8 Å². The Morgan fingerprint density at radius 2 is 1.95 bits per heavy atom. The molecule has 0 aromatic heterocycles. The Hall–Kier alpha value is -0.860. The Balaban J connectivity index is 2.08. The van der Waals surface area contributed by atoms with Crippen LogP contribution in [0.3, 0.4) is 0 Å². The molecule has 1 fully saturated rings. The Bertz CT molecular complexity index is 396. The molecule has 2 unspecified atom stereocenters. The summed E-state index contributed by atoms with van der Waals surface area (Å²) in [5, 5.41) is 10.7. The number of aliphatic hydroxyl groups is 1. The fourth-order valence-electron chi connectivity index (χ4n) is 3.33. The predicted octanol–water partition coefficient (Wildman–Crippen LogP) is 3.22. The molecule has 0 heterocycles. The van der Waals surface area contributed by atoms with Crippen molar-refractivity contribution >= 4 is 0 Å². The highest BCUT2D eigenvalue weighted by Gasteiger charge is 2.30. The van der Waals surface area contributed by atoms with E-state index in [1.165, 1.54) is 24.0 Å². The monoisotopic (exact) mass is 261 g/mol. The number of nitrogens with two attached hydrogens (primary N) is 1. The molecular weight excluding hydrogens is 234 g/mol. The smallest absolute Gasteiger partial charge is 0.0648 e. The quantitative estimate of drug-likeness (QED) is 0.874. The number of rotatable bonds is 4.